The Labute approximate surface area is 171 Å². The van der Waals surface area contributed by atoms with E-state index in [0.717, 1.165) is 12.0 Å². The van der Waals surface area contributed by atoms with Crippen LogP contribution >= 0.6 is 0 Å². The Morgan fingerprint density at radius 1 is 1.24 bits per heavy atom. The van der Waals surface area contributed by atoms with Gasteiger partial charge in [0.25, 0.3) is 0 Å². The molecule has 1 unspecified atom stereocenters. The van der Waals surface area contributed by atoms with E-state index in [1.165, 1.54) is 12.1 Å². The minimum atomic E-state index is -1.04. The Morgan fingerprint density at radius 2 is 1.86 bits per heavy atom. The highest BCUT2D eigenvalue weighted by Crippen LogP contribution is 2.33. The molecule has 1 N–H and O–H groups in total. The van der Waals surface area contributed by atoms with Crippen molar-refractivity contribution in [2.45, 2.75) is 50.9 Å². The molecule has 7 heteroatoms. The molecular weight excluding hydrogens is 377 g/mol. The molecule has 2 saturated heterocycles. The van der Waals surface area contributed by atoms with Gasteiger partial charge in [0.1, 0.15) is 5.82 Å². The summed E-state index contributed by atoms with van der Waals surface area (Å²) in [7, 11) is 0. The molecule has 29 heavy (non-hydrogen) atoms. The number of hydrogen-bond donors (Lipinski definition) is 1. The fourth-order valence-corrected chi connectivity index (χ4v) is 4.16. The quantitative estimate of drug-likeness (QED) is 0.666. The van der Waals surface area contributed by atoms with Crippen molar-refractivity contribution in [1.82, 2.24) is 4.90 Å². The van der Waals surface area contributed by atoms with E-state index in [4.69, 9.17) is 14.2 Å². The number of hydrogen-bond acceptors (Lipinski definition) is 6. The molecule has 0 spiro atoms. The van der Waals surface area contributed by atoms with Gasteiger partial charge in [0.05, 0.1) is 37.9 Å². The molecule has 0 bridgehead atoms. The molecular formula is C22H32FNO5. The molecule has 162 valence electrons. The average Bonchev–Trinajstić information content (AvgIpc) is 3.18. The predicted octanol–water partition coefficient (Wildman–Crippen LogP) is 2.53. The third kappa shape index (κ3) is 5.54. The zero-order valence-electron chi connectivity index (χ0n) is 17.4. The van der Waals surface area contributed by atoms with E-state index in [2.05, 4.69) is 4.90 Å². The van der Waals surface area contributed by atoms with Gasteiger partial charge in [0, 0.05) is 19.5 Å². The topological polar surface area (TPSA) is 68.2 Å². The van der Waals surface area contributed by atoms with Crippen LogP contribution in [0.15, 0.2) is 24.3 Å². The Balaban J connectivity index is 1.55. The monoisotopic (exact) mass is 409 g/mol. The molecule has 2 aliphatic heterocycles. The van der Waals surface area contributed by atoms with E-state index in [1.54, 1.807) is 26.0 Å². The molecule has 0 aromatic heterocycles. The zero-order chi connectivity index (χ0) is 20.9. The number of carbonyl (C=O) groups is 1. The molecule has 3 rings (SSSR count). The summed E-state index contributed by atoms with van der Waals surface area (Å²) in [5, 5.41) is 10.9. The molecule has 2 aliphatic rings. The summed E-state index contributed by atoms with van der Waals surface area (Å²) in [6.45, 7) is 6.86. The maximum atomic E-state index is 13.1. The van der Waals surface area contributed by atoms with Crippen molar-refractivity contribution in [2.75, 3.05) is 39.5 Å². The number of aryl methyl sites for hydroxylation is 1. The normalized spacial score (nSPS) is 22.3. The number of carbonyl (C=O) groups excluding carboxylic acids is 1. The number of rotatable bonds is 8. The maximum Gasteiger partial charge on any atom is 0.311 e. The predicted molar refractivity (Wildman–Crippen MR) is 106 cm³/mol. The van der Waals surface area contributed by atoms with Gasteiger partial charge >= 0.3 is 5.97 Å². The van der Waals surface area contributed by atoms with E-state index < -0.39 is 17.3 Å². The minimum absolute atomic E-state index is 0.241. The lowest BCUT2D eigenvalue weighted by Gasteiger charge is -2.43. The lowest BCUT2D eigenvalue weighted by Crippen LogP contribution is -2.54. The Hall–Kier alpha value is -1.54. The molecule has 2 heterocycles. The summed E-state index contributed by atoms with van der Waals surface area (Å²) in [4.78, 5) is 14.3. The van der Waals surface area contributed by atoms with E-state index in [1.807, 2.05) is 0 Å². The smallest absolute Gasteiger partial charge is 0.311 e. The van der Waals surface area contributed by atoms with Crippen LogP contribution in [0.4, 0.5) is 4.39 Å². The van der Waals surface area contributed by atoms with Crippen LogP contribution < -0.4 is 0 Å². The van der Waals surface area contributed by atoms with Gasteiger partial charge in [-0.1, -0.05) is 12.1 Å². The number of nitrogens with zero attached hydrogens (tertiary/aromatic N) is 1. The summed E-state index contributed by atoms with van der Waals surface area (Å²) < 4.78 is 30.2. The second-order valence-corrected chi connectivity index (χ2v) is 8.09. The van der Waals surface area contributed by atoms with Crippen LogP contribution in [0, 0.1) is 11.7 Å². The van der Waals surface area contributed by atoms with Gasteiger partial charge < -0.3 is 19.3 Å². The summed E-state index contributed by atoms with van der Waals surface area (Å²) in [5.41, 5.74) is 0.00248. The van der Waals surface area contributed by atoms with E-state index in [-0.39, 0.29) is 11.8 Å². The largest absolute Gasteiger partial charge is 0.466 e. The van der Waals surface area contributed by atoms with Crippen molar-refractivity contribution in [1.29, 1.82) is 0 Å². The molecule has 1 atom stereocenters. The Bertz CT molecular complexity index is 666. The number of ether oxygens (including phenoxy) is 3. The highest BCUT2D eigenvalue weighted by atomic mass is 19.1. The lowest BCUT2D eigenvalue weighted by molar-refractivity contribution is -0.184. The van der Waals surface area contributed by atoms with Crippen molar-refractivity contribution in [3.63, 3.8) is 0 Å². The van der Waals surface area contributed by atoms with Crippen LogP contribution in [0.3, 0.4) is 0 Å². The number of benzene rings is 1. The number of likely N-dealkylation sites (tertiary alicyclic amines) is 1. The molecule has 1 aromatic rings. The first-order valence-corrected chi connectivity index (χ1v) is 10.5. The molecule has 0 saturated carbocycles. The van der Waals surface area contributed by atoms with Crippen molar-refractivity contribution in [3.8, 4) is 0 Å². The van der Waals surface area contributed by atoms with Gasteiger partial charge in [0.15, 0.2) is 5.79 Å². The fraction of sp³-hybridized carbons (Fsp3) is 0.682. The van der Waals surface area contributed by atoms with E-state index in [9.17, 15) is 14.3 Å². The van der Waals surface area contributed by atoms with Gasteiger partial charge in [-0.15, -0.1) is 0 Å². The van der Waals surface area contributed by atoms with Gasteiger partial charge in [-0.05, 0) is 50.8 Å². The van der Waals surface area contributed by atoms with Gasteiger partial charge in [-0.3, -0.25) is 9.69 Å². The van der Waals surface area contributed by atoms with Crippen LogP contribution in [0.2, 0.25) is 0 Å². The highest BCUT2D eigenvalue weighted by Gasteiger charge is 2.44. The van der Waals surface area contributed by atoms with Gasteiger partial charge in [-0.2, -0.15) is 0 Å². The molecule has 0 radical (unpaired) electrons. The van der Waals surface area contributed by atoms with Crippen LogP contribution in [-0.2, 0) is 25.4 Å². The summed E-state index contributed by atoms with van der Waals surface area (Å²) in [6.07, 6.45) is 2.42. The SMILES string of the molecule is CCOC(=O)C(C)C1(O)CCN(CC2(CCc3ccc(F)cc3)OCCO2)CC1. The van der Waals surface area contributed by atoms with E-state index >= 15 is 0 Å². The Morgan fingerprint density at radius 3 is 2.45 bits per heavy atom. The van der Waals surface area contributed by atoms with Crippen molar-refractivity contribution < 1.29 is 28.5 Å². The first kappa shape index (κ1) is 22.2. The fourth-order valence-electron chi connectivity index (χ4n) is 4.16. The summed E-state index contributed by atoms with van der Waals surface area (Å²) >= 11 is 0. The number of aliphatic hydroxyl groups is 1. The van der Waals surface area contributed by atoms with Crippen LogP contribution in [0.25, 0.3) is 0 Å². The standard InChI is InChI=1S/C22H32FNO5/c1-3-27-20(25)17(2)21(26)10-12-24(13-11-21)16-22(28-14-15-29-22)9-8-18-4-6-19(23)7-5-18/h4-7,17,26H,3,8-16H2,1-2H3. The lowest BCUT2D eigenvalue weighted by atomic mass is 9.80. The average molecular weight is 409 g/mol. The van der Waals surface area contributed by atoms with Gasteiger partial charge in [0.2, 0.25) is 0 Å². The minimum Gasteiger partial charge on any atom is -0.466 e. The Kier molecular flexibility index (Phi) is 7.27. The highest BCUT2D eigenvalue weighted by molar-refractivity contribution is 5.73. The molecule has 1 aromatic carbocycles. The summed E-state index contributed by atoms with van der Waals surface area (Å²) in [6, 6.07) is 6.51. The second-order valence-electron chi connectivity index (χ2n) is 8.09. The number of piperidine rings is 1. The first-order chi connectivity index (χ1) is 13.9. The van der Waals surface area contributed by atoms with Crippen LogP contribution in [-0.4, -0.2) is 66.8 Å². The maximum absolute atomic E-state index is 13.1. The van der Waals surface area contributed by atoms with Crippen molar-refractivity contribution >= 4 is 5.97 Å². The zero-order valence-corrected chi connectivity index (χ0v) is 17.4. The molecule has 0 aliphatic carbocycles. The van der Waals surface area contributed by atoms with Crippen LogP contribution in [0.1, 0.15) is 38.7 Å². The van der Waals surface area contributed by atoms with Crippen LogP contribution in [0.5, 0.6) is 0 Å². The number of esters is 1. The molecule has 0 amide bonds. The second kappa shape index (κ2) is 9.51. The van der Waals surface area contributed by atoms with Gasteiger partial charge in [-0.25, -0.2) is 4.39 Å². The molecule has 2 fully saturated rings. The third-order valence-corrected chi connectivity index (χ3v) is 6.15. The number of halogens is 1. The first-order valence-electron chi connectivity index (χ1n) is 10.5. The molecule has 6 nitrogen and oxygen atoms in total. The third-order valence-electron chi connectivity index (χ3n) is 6.15. The summed E-state index contributed by atoms with van der Waals surface area (Å²) in [5.74, 6) is -1.82. The van der Waals surface area contributed by atoms with Crippen molar-refractivity contribution in [2.24, 2.45) is 5.92 Å². The van der Waals surface area contributed by atoms with Crippen molar-refractivity contribution in [3.05, 3.63) is 35.6 Å². The van der Waals surface area contributed by atoms with E-state index in [0.29, 0.717) is 58.7 Å².